The van der Waals surface area contributed by atoms with Gasteiger partial charge >= 0.3 is 0 Å². The maximum atomic E-state index is 5.71. The van der Waals surface area contributed by atoms with Crippen molar-refractivity contribution < 1.29 is 0 Å². The number of anilines is 1. The second-order valence-corrected chi connectivity index (χ2v) is 2.66. The van der Waals surface area contributed by atoms with Crippen LogP contribution in [-0.4, -0.2) is 12.0 Å². The van der Waals surface area contributed by atoms with E-state index in [-0.39, 0.29) is 0 Å². The Kier molecular flexibility index (Phi) is 2.68. The number of nitrogens with zero attached hydrogens (tertiary/aromatic N) is 1. The van der Waals surface area contributed by atoms with Crippen molar-refractivity contribution in [1.29, 1.82) is 0 Å². The maximum Gasteiger partial charge on any atom is 0.127 e. The number of nitrogen functional groups attached to an aromatic ring is 1. The van der Waals surface area contributed by atoms with E-state index < -0.39 is 0 Å². The van der Waals surface area contributed by atoms with E-state index in [0.717, 1.165) is 5.56 Å². The summed E-state index contributed by atoms with van der Waals surface area (Å²) in [5.41, 5.74) is 6.50. The van der Waals surface area contributed by atoms with Gasteiger partial charge in [0, 0.05) is 18.3 Å². The molecule has 0 atom stereocenters. The lowest BCUT2D eigenvalue weighted by atomic mass is 10.2. The van der Waals surface area contributed by atoms with Crippen LogP contribution in [0.2, 0.25) is 5.02 Å². The van der Waals surface area contributed by atoms with E-state index in [0.29, 0.717) is 17.4 Å². The van der Waals surface area contributed by atoms with Gasteiger partial charge in [-0.2, -0.15) is 0 Å². The van der Waals surface area contributed by atoms with Crippen LogP contribution < -0.4 is 11.1 Å². The molecule has 3 N–H and O–H groups in total. The zero-order valence-electron chi connectivity index (χ0n) is 6.26. The van der Waals surface area contributed by atoms with Crippen molar-refractivity contribution in [3.8, 4) is 0 Å². The molecule has 1 aromatic heterocycles. The Balaban J connectivity index is 2.93. The summed E-state index contributed by atoms with van der Waals surface area (Å²) >= 11 is 5.71. The van der Waals surface area contributed by atoms with Crippen LogP contribution in [0.1, 0.15) is 5.56 Å². The average molecular weight is 172 g/mol. The van der Waals surface area contributed by atoms with Gasteiger partial charge in [0.2, 0.25) is 0 Å². The minimum atomic E-state index is 0.531. The van der Waals surface area contributed by atoms with Gasteiger partial charge in [-0.3, -0.25) is 0 Å². The van der Waals surface area contributed by atoms with Crippen LogP contribution in [0, 0.1) is 0 Å². The first-order chi connectivity index (χ1) is 5.24. The molecule has 0 unspecified atom stereocenters. The number of hydrogen-bond donors (Lipinski definition) is 2. The van der Waals surface area contributed by atoms with Crippen LogP contribution in [0.3, 0.4) is 0 Å². The Morgan fingerprint density at radius 3 is 3.09 bits per heavy atom. The van der Waals surface area contributed by atoms with Gasteiger partial charge in [-0.05, 0) is 13.1 Å². The predicted molar refractivity (Wildman–Crippen MR) is 46.4 cm³/mol. The number of halogens is 1. The van der Waals surface area contributed by atoms with Crippen LogP contribution in [-0.2, 0) is 6.54 Å². The molecular formula is C7H10ClN3. The van der Waals surface area contributed by atoms with E-state index in [1.54, 1.807) is 6.07 Å². The third-order valence-corrected chi connectivity index (χ3v) is 1.54. The minimum Gasteiger partial charge on any atom is -0.383 e. The average Bonchev–Trinajstić information content (AvgIpc) is 1.98. The van der Waals surface area contributed by atoms with Gasteiger partial charge in [0.05, 0.1) is 5.02 Å². The smallest absolute Gasteiger partial charge is 0.127 e. The SMILES string of the molecule is CNCc1cc(Cl)cnc1N. The Hall–Kier alpha value is -0.800. The summed E-state index contributed by atoms with van der Waals surface area (Å²) < 4.78 is 0. The summed E-state index contributed by atoms with van der Waals surface area (Å²) in [6.07, 6.45) is 1.54. The first-order valence-electron chi connectivity index (χ1n) is 3.28. The fraction of sp³-hybridized carbons (Fsp3) is 0.286. The quantitative estimate of drug-likeness (QED) is 0.699. The van der Waals surface area contributed by atoms with Gasteiger partial charge in [0.1, 0.15) is 5.82 Å². The lowest BCUT2D eigenvalue weighted by Crippen LogP contribution is -2.08. The highest BCUT2D eigenvalue weighted by Gasteiger charge is 1.98. The van der Waals surface area contributed by atoms with Crippen molar-refractivity contribution in [3.05, 3.63) is 22.8 Å². The molecule has 60 valence electrons. The molecule has 0 bridgehead atoms. The van der Waals surface area contributed by atoms with Crippen LogP contribution in [0.25, 0.3) is 0 Å². The fourth-order valence-corrected chi connectivity index (χ4v) is 1.00. The molecule has 1 heterocycles. The van der Waals surface area contributed by atoms with E-state index in [9.17, 15) is 0 Å². The third-order valence-electron chi connectivity index (χ3n) is 1.34. The lowest BCUT2D eigenvalue weighted by molar-refractivity contribution is 0.816. The first kappa shape index (κ1) is 8.30. The topological polar surface area (TPSA) is 50.9 Å². The molecule has 0 aromatic carbocycles. The number of nitrogens with two attached hydrogens (primary N) is 1. The van der Waals surface area contributed by atoms with Crippen molar-refractivity contribution in [1.82, 2.24) is 10.3 Å². The first-order valence-corrected chi connectivity index (χ1v) is 3.66. The summed E-state index contributed by atoms with van der Waals surface area (Å²) in [6, 6.07) is 1.81. The minimum absolute atomic E-state index is 0.531. The Bertz CT molecular complexity index is 249. The largest absolute Gasteiger partial charge is 0.383 e. The number of nitrogens with one attached hydrogen (secondary N) is 1. The predicted octanol–water partition coefficient (Wildman–Crippen LogP) is 1.04. The molecule has 0 aliphatic rings. The summed E-state index contributed by atoms with van der Waals surface area (Å²) in [7, 11) is 1.85. The molecule has 0 saturated heterocycles. The van der Waals surface area contributed by atoms with Crippen molar-refractivity contribution in [2.75, 3.05) is 12.8 Å². The molecule has 0 aliphatic heterocycles. The maximum absolute atomic E-state index is 5.71. The summed E-state index contributed by atoms with van der Waals surface area (Å²) in [4.78, 5) is 3.90. The summed E-state index contributed by atoms with van der Waals surface area (Å²) in [6.45, 7) is 0.694. The second kappa shape index (κ2) is 3.55. The molecule has 1 aromatic rings. The third kappa shape index (κ3) is 2.06. The second-order valence-electron chi connectivity index (χ2n) is 2.23. The zero-order valence-corrected chi connectivity index (χ0v) is 7.02. The fourth-order valence-electron chi connectivity index (χ4n) is 0.824. The van der Waals surface area contributed by atoms with Crippen LogP contribution >= 0.6 is 11.6 Å². The van der Waals surface area contributed by atoms with Gasteiger partial charge < -0.3 is 11.1 Å². The Morgan fingerprint density at radius 2 is 2.45 bits per heavy atom. The highest BCUT2D eigenvalue weighted by Crippen LogP contribution is 2.13. The normalized spacial score (nSPS) is 10.0. The molecule has 0 spiro atoms. The van der Waals surface area contributed by atoms with E-state index >= 15 is 0 Å². The molecule has 1 rings (SSSR count). The van der Waals surface area contributed by atoms with E-state index in [1.807, 2.05) is 7.05 Å². The summed E-state index contributed by atoms with van der Waals surface area (Å²) in [5, 5.41) is 3.59. The monoisotopic (exact) mass is 171 g/mol. The van der Waals surface area contributed by atoms with Gasteiger partial charge in [-0.25, -0.2) is 4.98 Å². The van der Waals surface area contributed by atoms with Crippen LogP contribution in [0.15, 0.2) is 12.3 Å². The van der Waals surface area contributed by atoms with Crippen LogP contribution in [0.4, 0.5) is 5.82 Å². The van der Waals surface area contributed by atoms with Crippen molar-refractivity contribution >= 4 is 17.4 Å². The van der Waals surface area contributed by atoms with Gasteiger partial charge in [0.15, 0.2) is 0 Å². The van der Waals surface area contributed by atoms with Crippen molar-refractivity contribution in [2.24, 2.45) is 0 Å². The standard InChI is InChI=1S/C7H10ClN3/c1-10-3-5-2-6(8)4-11-7(5)9/h2,4,10H,3H2,1H3,(H2,9,11). The molecule has 0 radical (unpaired) electrons. The molecule has 0 amide bonds. The molecule has 11 heavy (non-hydrogen) atoms. The van der Waals surface area contributed by atoms with Crippen molar-refractivity contribution in [3.63, 3.8) is 0 Å². The molecule has 0 saturated carbocycles. The number of hydrogen-bond acceptors (Lipinski definition) is 3. The lowest BCUT2D eigenvalue weighted by Gasteiger charge is -2.02. The van der Waals surface area contributed by atoms with Gasteiger partial charge in [0.25, 0.3) is 0 Å². The zero-order chi connectivity index (χ0) is 8.27. The van der Waals surface area contributed by atoms with Crippen LogP contribution in [0.5, 0.6) is 0 Å². The molecule has 0 fully saturated rings. The Morgan fingerprint density at radius 1 is 1.73 bits per heavy atom. The number of rotatable bonds is 2. The van der Waals surface area contributed by atoms with Crippen molar-refractivity contribution in [2.45, 2.75) is 6.54 Å². The van der Waals surface area contributed by atoms with Gasteiger partial charge in [-0.1, -0.05) is 11.6 Å². The molecule has 0 aliphatic carbocycles. The van der Waals surface area contributed by atoms with E-state index in [4.69, 9.17) is 17.3 Å². The summed E-state index contributed by atoms with van der Waals surface area (Å²) in [5.74, 6) is 0.531. The highest BCUT2D eigenvalue weighted by molar-refractivity contribution is 6.30. The van der Waals surface area contributed by atoms with E-state index in [2.05, 4.69) is 10.3 Å². The molecule has 3 nitrogen and oxygen atoms in total. The molecule has 4 heteroatoms. The molecular weight excluding hydrogens is 162 g/mol. The number of pyridine rings is 1. The van der Waals surface area contributed by atoms with E-state index in [1.165, 1.54) is 6.20 Å². The Labute approximate surface area is 70.6 Å². The number of aromatic nitrogens is 1. The van der Waals surface area contributed by atoms with Gasteiger partial charge in [-0.15, -0.1) is 0 Å². The highest BCUT2D eigenvalue weighted by atomic mass is 35.5.